The van der Waals surface area contributed by atoms with E-state index in [1.165, 1.54) is 25.7 Å². The quantitative estimate of drug-likeness (QED) is 0.781. The number of fused-ring (bicyclic) bond motifs is 1. The second-order valence-corrected chi connectivity index (χ2v) is 7.00. The van der Waals surface area contributed by atoms with Gasteiger partial charge in [0.1, 0.15) is 0 Å². The molecule has 1 aliphatic carbocycles. The number of methoxy groups -OCH3 is 1. The highest BCUT2D eigenvalue weighted by Gasteiger charge is 2.29. The molecule has 1 aromatic rings. The lowest BCUT2D eigenvalue weighted by Crippen LogP contribution is -2.39. The van der Waals surface area contributed by atoms with Crippen molar-refractivity contribution in [3.05, 3.63) is 35.4 Å². The molecule has 0 heterocycles. The van der Waals surface area contributed by atoms with Gasteiger partial charge in [-0.2, -0.15) is 0 Å². The number of nitrogens with one attached hydrogen (secondary N) is 1. The van der Waals surface area contributed by atoms with Crippen molar-refractivity contribution < 1.29 is 4.74 Å². The van der Waals surface area contributed by atoms with Crippen LogP contribution in [-0.2, 0) is 17.6 Å². The van der Waals surface area contributed by atoms with Crippen molar-refractivity contribution >= 4 is 0 Å². The van der Waals surface area contributed by atoms with Gasteiger partial charge in [-0.25, -0.2) is 0 Å². The minimum Gasteiger partial charge on any atom is -0.379 e. The molecule has 2 rings (SSSR count). The lowest BCUT2D eigenvalue weighted by atomic mass is 9.89. The largest absolute Gasteiger partial charge is 0.379 e. The molecule has 0 saturated carbocycles. The molecule has 0 aromatic heterocycles. The average molecular weight is 289 g/mol. The first kappa shape index (κ1) is 16.5. The van der Waals surface area contributed by atoms with Gasteiger partial charge in [-0.1, -0.05) is 31.2 Å². The second kappa shape index (κ2) is 7.42. The van der Waals surface area contributed by atoms with Gasteiger partial charge in [0.2, 0.25) is 0 Å². The summed E-state index contributed by atoms with van der Waals surface area (Å²) in [4.78, 5) is 0. The van der Waals surface area contributed by atoms with Crippen LogP contribution in [0, 0.1) is 5.92 Å². The van der Waals surface area contributed by atoms with Crippen molar-refractivity contribution in [2.75, 3.05) is 13.7 Å². The van der Waals surface area contributed by atoms with E-state index >= 15 is 0 Å². The van der Waals surface area contributed by atoms with Crippen LogP contribution in [0.1, 0.15) is 51.2 Å². The van der Waals surface area contributed by atoms with Crippen LogP contribution in [0.5, 0.6) is 0 Å². The first-order valence-corrected chi connectivity index (χ1v) is 8.41. The Balaban J connectivity index is 1.97. The molecule has 2 heteroatoms. The Morgan fingerprint density at radius 3 is 2.38 bits per heavy atom. The zero-order valence-electron chi connectivity index (χ0n) is 14.1. The summed E-state index contributed by atoms with van der Waals surface area (Å²) < 4.78 is 5.59. The summed E-state index contributed by atoms with van der Waals surface area (Å²) in [6.45, 7) is 7.73. The van der Waals surface area contributed by atoms with Crippen LogP contribution in [-0.4, -0.2) is 25.3 Å². The Bertz CT molecular complexity index is 416. The summed E-state index contributed by atoms with van der Waals surface area (Å²) in [5, 5.41) is 3.79. The molecular weight excluding hydrogens is 258 g/mol. The van der Waals surface area contributed by atoms with Gasteiger partial charge in [0.05, 0.1) is 5.60 Å². The van der Waals surface area contributed by atoms with Crippen LogP contribution in [0.3, 0.4) is 0 Å². The molecule has 0 spiro atoms. The van der Waals surface area contributed by atoms with E-state index in [1.54, 1.807) is 11.1 Å². The van der Waals surface area contributed by atoms with E-state index in [0.29, 0.717) is 6.04 Å². The molecule has 1 aromatic carbocycles. The molecular formula is C19H31NO. The van der Waals surface area contributed by atoms with Gasteiger partial charge in [0.15, 0.2) is 0 Å². The van der Waals surface area contributed by atoms with Crippen LogP contribution in [0.25, 0.3) is 0 Å². The van der Waals surface area contributed by atoms with Gasteiger partial charge in [-0.15, -0.1) is 0 Å². The predicted molar refractivity (Wildman–Crippen MR) is 89.7 cm³/mol. The lowest BCUT2D eigenvalue weighted by Gasteiger charge is -2.29. The minimum atomic E-state index is -0.0163. The third-order valence-electron chi connectivity index (χ3n) is 4.92. The molecule has 1 aliphatic rings. The fourth-order valence-electron chi connectivity index (χ4n) is 3.32. The summed E-state index contributed by atoms with van der Waals surface area (Å²) in [6, 6.07) is 9.54. The predicted octanol–water partition coefficient (Wildman–Crippen LogP) is 3.97. The fourth-order valence-corrected chi connectivity index (χ4v) is 3.32. The molecule has 0 radical (unpaired) electrons. The SMILES string of the molecule is CCCNC(CCC(C)(C)OC)C1Cc2ccccc2C1. The molecule has 2 nitrogen and oxygen atoms in total. The molecule has 0 bridgehead atoms. The zero-order valence-corrected chi connectivity index (χ0v) is 14.1. The Morgan fingerprint density at radius 2 is 1.86 bits per heavy atom. The fraction of sp³-hybridized carbons (Fsp3) is 0.684. The first-order chi connectivity index (χ1) is 10.1. The Morgan fingerprint density at radius 1 is 1.24 bits per heavy atom. The van der Waals surface area contributed by atoms with Crippen molar-refractivity contribution in [2.45, 2.75) is 64.5 Å². The highest BCUT2D eigenvalue weighted by atomic mass is 16.5. The molecule has 1 unspecified atom stereocenters. The van der Waals surface area contributed by atoms with E-state index < -0.39 is 0 Å². The van der Waals surface area contributed by atoms with E-state index in [4.69, 9.17) is 4.74 Å². The molecule has 0 saturated heterocycles. The zero-order chi connectivity index (χ0) is 15.3. The topological polar surface area (TPSA) is 21.3 Å². The monoisotopic (exact) mass is 289 g/mol. The van der Waals surface area contributed by atoms with Crippen molar-refractivity contribution in [3.8, 4) is 0 Å². The smallest absolute Gasteiger partial charge is 0.0623 e. The first-order valence-electron chi connectivity index (χ1n) is 8.41. The van der Waals surface area contributed by atoms with Crippen molar-refractivity contribution in [2.24, 2.45) is 5.92 Å². The number of ether oxygens (including phenoxy) is 1. The maximum atomic E-state index is 5.59. The standard InChI is InChI=1S/C19H31NO/c1-5-12-20-18(10-11-19(2,3)21-4)17-13-15-8-6-7-9-16(15)14-17/h6-9,17-18,20H,5,10-14H2,1-4H3. The highest BCUT2D eigenvalue weighted by Crippen LogP contribution is 2.31. The van der Waals surface area contributed by atoms with Gasteiger partial charge >= 0.3 is 0 Å². The van der Waals surface area contributed by atoms with Crippen LogP contribution >= 0.6 is 0 Å². The third-order valence-corrected chi connectivity index (χ3v) is 4.92. The summed E-state index contributed by atoms with van der Waals surface area (Å²) in [6.07, 6.45) is 5.96. The molecule has 0 fully saturated rings. The summed E-state index contributed by atoms with van der Waals surface area (Å²) in [7, 11) is 1.82. The van der Waals surface area contributed by atoms with E-state index in [9.17, 15) is 0 Å². The second-order valence-electron chi connectivity index (χ2n) is 7.00. The summed E-state index contributed by atoms with van der Waals surface area (Å²) in [5.74, 6) is 0.738. The van der Waals surface area contributed by atoms with Gasteiger partial charge in [-0.05, 0) is 69.5 Å². The van der Waals surface area contributed by atoms with Crippen molar-refractivity contribution in [1.29, 1.82) is 0 Å². The van der Waals surface area contributed by atoms with Crippen LogP contribution < -0.4 is 5.32 Å². The number of benzene rings is 1. The van der Waals surface area contributed by atoms with E-state index in [2.05, 4.69) is 50.4 Å². The lowest BCUT2D eigenvalue weighted by molar-refractivity contribution is 0.0103. The number of rotatable bonds is 8. The molecule has 0 aliphatic heterocycles. The van der Waals surface area contributed by atoms with Crippen LogP contribution in [0.2, 0.25) is 0 Å². The molecule has 1 atom stereocenters. The van der Waals surface area contributed by atoms with Crippen molar-refractivity contribution in [1.82, 2.24) is 5.32 Å². The molecule has 1 N–H and O–H groups in total. The van der Waals surface area contributed by atoms with Gasteiger partial charge in [0, 0.05) is 13.2 Å². The maximum absolute atomic E-state index is 5.59. The van der Waals surface area contributed by atoms with Crippen molar-refractivity contribution in [3.63, 3.8) is 0 Å². The van der Waals surface area contributed by atoms with Gasteiger partial charge in [0.25, 0.3) is 0 Å². The Hall–Kier alpha value is -0.860. The Kier molecular flexibility index (Phi) is 5.83. The molecule has 21 heavy (non-hydrogen) atoms. The van der Waals surface area contributed by atoms with Gasteiger partial charge < -0.3 is 10.1 Å². The highest BCUT2D eigenvalue weighted by molar-refractivity contribution is 5.32. The number of hydrogen-bond donors (Lipinski definition) is 1. The summed E-state index contributed by atoms with van der Waals surface area (Å²) in [5.41, 5.74) is 3.09. The maximum Gasteiger partial charge on any atom is 0.0623 e. The van der Waals surface area contributed by atoms with Crippen LogP contribution in [0.15, 0.2) is 24.3 Å². The average Bonchev–Trinajstić information content (AvgIpc) is 2.91. The number of hydrogen-bond acceptors (Lipinski definition) is 2. The third kappa shape index (κ3) is 4.55. The Labute approximate surface area is 130 Å². The molecule has 118 valence electrons. The summed E-state index contributed by atoms with van der Waals surface area (Å²) >= 11 is 0. The van der Waals surface area contributed by atoms with E-state index in [1.807, 2.05) is 7.11 Å². The minimum absolute atomic E-state index is 0.0163. The van der Waals surface area contributed by atoms with E-state index in [-0.39, 0.29) is 5.60 Å². The molecule has 0 amide bonds. The van der Waals surface area contributed by atoms with Gasteiger partial charge in [-0.3, -0.25) is 0 Å². The normalized spacial score (nSPS) is 17.0. The van der Waals surface area contributed by atoms with Crippen LogP contribution in [0.4, 0.5) is 0 Å². The van der Waals surface area contributed by atoms with E-state index in [0.717, 1.165) is 18.9 Å².